The number of amides is 1. The second-order valence-electron chi connectivity index (χ2n) is 6.60. The molecule has 1 amide bonds. The zero-order valence-corrected chi connectivity index (χ0v) is 18.4. The maximum Gasteiger partial charge on any atom is 0.352 e. The third kappa shape index (κ3) is 6.25. The zero-order chi connectivity index (χ0) is 23.1. The van der Waals surface area contributed by atoms with Gasteiger partial charge in [-0.2, -0.15) is 0 Å². The van der Waals surface area contributed by atoms with Crippen molar-refractivity contribution < 1.29 is 29.4 Å². The molecule has 12 heteroatoms. The quantitative estimate of drug-likeness (QED) is 0.435. The first-order valence-corrected chi connectivity index (χ1v) is 11.2. The highest BCUT2D eigenvalue weighted by molar-refractivity contribution is 7.99. The second kappa shape index (κ2) is 10.9. The number of aromatic nitrogens is 1. The van der Waals surface area contributed by atoms with Crippen LogP contribution in [0.25, 0.3) is 0 Å². The number of hydrogen-bond donors (Lipinski definition) is 3. The number of carboxylic acids is 2. The fourth-order valence-electron chi connectivity index (χ4n) is 2.84. The molecule has 1 atom stereocenters. The van der Waals surface area contributed by atoms with E-state index in [2.05, 4.69) is 16.6 Å². The summed E-state index contributed by atoms with van der Waals surface area (Å²) in [5, 5.41) is 20.1. The van der Waals surface area contributed by atoms with Crippen LogP contribution >= 0.6 is 23.1 Å². The van der Waals surface area contributed by atoms with Crippen LogP contribution in [0.1, 0.15) is 25.5 Å². The Morgan fingerprint density at radius 2 is 2.10 bits per heavy atom. The molecule has 0 bridgehead atoms. The summed E-state index contributed by atoms with van der Waals surface area (Å²) in [7, 11) is 0. The van der Waals surface area contributed by atoms with Gasteiger partial charge in [0.25, 0.3) is 0 Å². The van der Waals surface area contributed by atoms with Crippen LogP contribution in [-0.2, 0) is 19.2 Å². The van der Waals surface area contributed by atoms with E-state index < -0.39 is 29.5 Å². The van der Waals surface area contributed by atoms with Crippen molar-refractivity contribution in [3.8, 4) is 0 Å². The van der Waals surface area contributed by atoms with Crippen molar-refractivity contribution in [2.75, 3.05) is 23.9 Å². The highest BCUT2D eigenvalue weighted by atomic mass is 32.2. The average Bonchev–Trinajstić information content (AvgIpc) is 3.15. The van der Waals surface area contributed by atoms with Gasteiger partial charge in [0.1, 0.15) is 17.1 Å². The smallest absolute Gasteiger partial charge is 0.352 e. The van der Waals surface area contributed by atoms with E-state index in [9.17, 15) is 24.3 Å². The van der Waals surface area contributed by atoms with Gasteiger partial charge in [-0.25, -0.2) is 9.78 Å². The van der Waals surface area contributed by atoms with Gasteiger partial charge in [0.15, 0.2) is 10.9 Å². The summed E-state index contributed by atoms with van der Waals surface area (Å²) in [5.74, 6) is -3.59. The van der Waals surface area contributed by atoms with Crippen LogP contribution in [0.3, 0.4) is 0 Å². The number of ketones is 1. The molecule has 0 spiro atoms. The Morgan fingerprint density at radius 1 is 1.39 bits per heavy atom. The molecular formula is C19H22N4O6S2. The van der Waals surface area contributed by atoms with Crippen LogP contribution in [0.15, 0.2) is 34.3 Å². The Kier molecular flexibility index (Phi) is 8.51. The molecule has 0 aliphatic carbocycles. The molecule has 1 aliphatic heterocycles. The lowest BCUT2D eigenvalue weighted by Crippen LogP contribution is -2.41. The third-order valence-corrected chi connectivity index (χ3v) is 5.93. The summed E-state index contributed by atoms with van der Waals surface area (Å²) in [6.07, 6.45) is 0.887. The largest absolute Gasteiger partial charge is 0.481 e. The standard InChI is InChI=1S/C19H22N4O6S2/c1-3-11-7-30-9-23(16(11)18(28)29)17(27)10(2)6-13(24)15(21-5-4-14(25)26)12-8-31-19(20)22-12/h3,8,10H,1,4-7,9H2,2H3,(H2,20,22)(H,25,26)(H,28,29)/t10-/m1/s1. The van der Waals surface area contributed by atoms with Crippen molar-refractivity contribution in [2.24, 2.45) is 10.9 Å². The van der Waals surface area contributed by atoms with Crippen LogP contribution < -0.4 is 5.73 Å². The number of anilines is 1. The fourth-order valence-corrected chi connectivity index (χ4v) is 4.39. The van der Waals surface area contributed by atoms with Crippen molar-refractivity contribution in [1.29, 1.82) is 0 Å². The Labute approximate surface area is 186 Å². The Bertz CT molecular complexity index is 968. The molecule has 2 rings (SSSR count). The van der Waals surface area contributed by atoms with Gasteiger partial charge in [0.05, 0.1) is 18.8 Å². The van der Waals surface area contributed by atoms with Crippen LogP contribution in [0, 0.1) is 5.92 Å². The number of nitrogens with two attached hydrogens (primary N) is 1. The minimum absolute atomic E-state index is 0.0531. The summed E-state index contributed by atoms with van der Waals surface area (Å²) in [4.78, 5) is 57.5. The maximum absolute atomic E-state index is 13.0. The van der Waals surface area contributed by atoms with Crippen molar-refractivity contribution >= 4 is 57.6 Å². The van der Waals surface area contributed by atoms with E-state index in [1.165, 1.54) is 30.1 Å². The monoisotopic (exact) mass is 466 g/mol. The van der Waals surface area contributed by atoms with E-state index in [-0.39, 0.29) is 47.5 Å². The minimum Gasteiger partial charge on any atom is -0.481 e. The number of carboxylic acid groups (broad SMARTS) is 2. The molecule has 0 fully saturated rings. The normalized spacial score (nSPS) is 15.5. The lowest BCUT2D eigenvalue weighted by Gasteiger charge is -2.30. The number of allylic oxidation sites excluding steroid dienone is 1. The van der Waals surface area contributed by atoms with Crippen molar-refractivity contribution in [3.05, 3.63) is 35.0 Å². The number of aliphatic imine (C=N–C) groups is 1. The molecule has 0 saturated heterocycles. The lowest BCUT2D eigenvalue weighted by atomic mass is 9.99. The van der Waals surface area contributed by atoms with Gasteiger partial charge in [0.2, 0.25) is 5.91 Å². The van der Waals surface area contributed by atoms with Crippen molar-refractivity contribution in [2.45, 2.75) is 19.8 Å². The second-order valence-corrected chi connectivity index (χ2v) is 8.45. The average molecular weight is 467 g/mol. The first-order chi connectivity index (χ1) is 14.6. The predicted octanol–water partition coefficient (Wildman–Crippen LogP) is 1.64. The molecule has 1 aromatic rings. The summed E-state index contributed by atoms with van der Waals surface area (Å²) in [5.41, 5.74) is 6.08. The summed E-state index contributed by atoms with van der Waals surface area (Å²) in [6.45, 7) is 5.00. The van der Waals surface area contributed by atoms with Gasteiger partial charge in [-0.1, -0.05) is 19.6 Å². The zero-order valence-electron chi connectivity index (χ0n) is 16.7. The van der Waals surface area contributed by atoms with E-state index in [1.807, 2.05) is 0 Å². The van der Waals surface area contributed by atoms with Crippen LogP contribution in [0.5, 0.6) is 0 Å². The molecule has 4 N–H and O–H groups in total. The van der Waals surface area contributed by atoms with E-state index in [1.54, 1.807) is 0 Å². The Balaban J connectivity index is 2.22. The molecule has 1 aromatic heterocycles. The lowest BCUT2D eigenvalue weighted by molar-refractivity contribution is -0.141. The number of thiazole rings is 1. The number of Topliss-reactive ketones (excluding diaryl/α,β-unsaturated/α-hetero) is 1. The number of carbonyl (C=O) groups excluding carboxylic acids is 2. The van der Waals surface area contributed by atoms with Crippen LogP contribution in [0.2, 0.25) is 0 Å². The highest BCUT2D eigenvalue weighted by Gasteiger charge is 2.33. The van der Waals surface area contributed by atoms with E-state index >= 15 is 0 Å². The molecule has 31 heavy (non-hydrogen) atoms. The van der Waals surface area contributed by atoms with Gasteiger partial charge in [-0.15, -0.1) is 23.1 Å². The number of carbonyl (C=O) groups is 4. The third-order valence-electron chi connectivity index (χ3n) is 4.30. The number of thioether (sulfide) groups is 1. The number of nitrogen functional groups attached to an aromatic ring is 1. The topological polar surface area (TPSA) is 163 Å². The van der Waals surface area contributed by atoms with Gasteiger partial charge >= 0.3 is 11.9 Å². The molecule has 0 radical (unpaired) electrons. The molecule has 2 heterocycles. The highest BCUT2D eigenvalue weighted by Crippen LogP contribution is 2.28. The van der Waals surface area contributed by atoms with Crippen LogP contribution in [0.4, 0.5) is 5.13 Å². The van der Waals surface area contributed by atoms with Gasteiger partial charge in [0, 0.05) is 23.5 Å². The molecule has 0 saturated carbocycles. The van der Waals surface area contributed by atoms with E-state index in [0.29, 0.717) is 11.3 Å². The number of aliphatic carboxylic acids is 2. The summed E-state index contributed by atoms with van der Waals surface area (Å²) >= 11 is 2.47. The Hall–Kier alpha value is -2.99. The van der Waals surface area contributed by atoms with E-state index in [0.717, 1.165) is 16.2 Å². The molecular weight excluding hydrogens is 444 g/mol. The fraction of sp³-hybridized carbons (Fsp3) is 0.368. The van der Waals surface area contributed by atoms with Gasteiger partial charge in [-0.05, 0) is 5.57 Å². The van der Waals surface area contributed by atoms with Crippen LogP contribution in [-0.4, -0.2) is 67.6 Å². The summed E-state index contributed by atoms with van der Waals surface area (Å²) < 4.78 is 0. The molecule has 10 nitrogen and oxygen atoms in total. The maximum atomic E-state index is 13.0. The van der Waals surface area contributed by atoms with Gasteiger partial charge in [-0.3, -0.25) is 24.3 Å². The van der Waals surface area contributed by atoms with Crippen molar-refractivity contribution in [3.63, 3.8) is 0 Å². The number of rotatable bonds is 10. The molecule has 166 valence electrons. The first kappa shape index (κ1) is 24.3. The van der Waals surface area contributed by atoms with E-state index in [4.69, 9.17) is 10.8 Å². The molecule has 0 aromatic carbocycles. The Morgan fingerprint density at radius 3 is 2.65 bits per heavy atom. The number of hydrogen-bond acceptors (Lipinski definition) is 9. The molecule has 1 aliphatic rings. The SMILES string of the molecule is C=CC1=C(C(=O)O)N(C(=O)[C@H](C)CC(=O)C(=NCCC(=O)O)c2csc(N)n2)CSC1. The number of nitrogens with zero attached hydrogens (tertiary/aromatic N) is 3. The first-order valence-electron chi connectivity index (χ1n) is 9.14. The van der Waals surface area contributed by atoms with Gasteiger partial charge < -0.3 is 15.9 Å². The summed E-state index contributed by atoms with van der Waals surface area (Å²) in [6, 6.07) is 0. The minimum atomic E-state index is -1.24. The van der Waals surface area contributed by atoms with Crippen molar-refractivity contribution in [1.82, 2.24) is 9.88 Å². The predicted molar refractivity (Wildman–Crippen MR) is 118 cm³/mol. The molecule has 0 unspecified atom stereocenters.